The van der Waals surface area contributed by atoms with Crippen molar-refractivity contribution in [3.63, 3.8) is 0 Å². The van der Waals surface area contributed by atoms with Crippen molar-refractivity contribution in [1.82, 2.24) is 0 Å². The van der Waals surface area contributed by atoms with Gasteiger partial charge in [0.25, 0.3) is 0 Å². The molecule has 0 amide bonds. The van der Waals surface area contributed by atoms with Crippen molar-refractivity contribution < 1.29 is 9.53 Å². The molecule has 0 aliphatic heterocycles. The van der Waals surface area contributed by atoms with Crippen LogP contribution < -0.4 is 5.73 Å². The zero-order chi connectivity index (χ0) is 14.4. The van der Waals surface area contributed by atoms with E-state index in [9.17, 15) is 4.79 Å². The Morgan fingerprint density at radius 2 is 1.90 bits per heavy atom. The van der Waals surface area contributed by atoms with E-state index in [-0.39, 0.29) is 25.0 Å². The van der Waals surface area contributed by atoms with Crippen LogP contribution in [0.4, 0.5) is 0 Å². The first-order valence-corrected chi connectivity index (χ1v) is 7.15. The molecule has 20 heavy (non-hydrogen) atoms. The van der Waals surface area contributed by atoms with Crippen LogP contribution in [0.2, 0.25) is 0 Å². The molecular weight excluding hydrogens is 318 g/mol. The van der Waals surface area contributed by atoms with E-state index in [4.69, 9.17) is 10.5 Å². The summed E-state index contributed by atoms with van der Waals surface area (Å²) in [6, 6.07) is 16.9. The van der Waals surface area contributed by atoms with Crippen molar-refractivity contribution in [3.8, 4) is 0 Å². The number of rotatable bonds is 5. The molecule has 2 aromatic rings. The van der Waals surface area contributed by atoms with Gasteiger partial charge >= 0.3 is 5.97 Å². The van der Waals surface area contributed by atoms with Crippen LogP contribution in [0, 0.1) is 0 Å². The minimum absolute atomic E-state index is 0.179. The van der Waals surface area contributed by atoms with Gasteiger partial charge in [-0.2, -0.15) is 0 Å². The lowest BCUT2D eigenvalue weighted by atomic mass is 10.1. The summed E-state index contributed by atoms with van der Waals surface area (Å²) < 4.78 is 6.20. The number of carbonyl (C=O) groups is 1. The standard InChI is InChI=1S/C16H16BrNO2/c17-14-8-4-5-12(9-14)11-20-16(19)10-15(18)13-6-2-1-3-7-13/h1-9,15H,10-11,18H2. The normalized spacial score (nSPS) is 11.9. The summed E-state index contributed by atoms with van der Waals surface area (Å²) >= 11 is 3.38. The molecule has 2 rings (SSSR count). The third kappa shape index (κ3) is 4.47. The molecule has 0 heterocycles. The Balaban J connectivity index is 1.84. The predicted octanol–water partition coefficient (Wildman–Crippen LogP) is 3.58. The summed E-state index contributed by atoms with van der Waals surface area (Å²) in [6.45, 7) is 0.264. The fraction of sp³-hybridized carbons (Fsp3) is 0.188. The van der Waals surface area contributed by atoms with Crippen LogP contribution in [0.15, 0.2) is 59.1 Å². The van der Waals surface area contributed by atoms with Gasteiger partial charge in [-0.05, 0) is 23.3 Å². The monoisotopic (exact) mass is 333 g/mol. The lowest BCUT2D eigenvalue weighted by Gasteiger charge is -2.11. The molecule has 1 unspecified atom stereocenters. The quantitative estimate of drug-likeness (QED) is 0.851. The maximum absolute atomic E-state index is 11.8. The number of halogens is 1. The molecule has 0 aliphatic rings. The maximum Gasteiger partial charge on any atom is 0.308 e. The molecule has 1 atom stereocenters. The minimum Gasteiger partial charge on any atom is -0.461 e. The second-order valence-electron chi connectivity index (χ2n) is 4.51. The van der Waals surface area contributed by atoms with E-state index in [1.807, 2.05) is 54.6 Å². The van der Waals surface area contributed by atoms with Crippen LogP contribution in [0.1, 0.15) is 23.6 Å². The largest absolute Gasteiger partial charge is 0.461 e. The highest BCUT2D eigenvalue weighted by molar-refractivity contribution is 9.10. The zero-order valence-electron chi connectivity index (χ0n) is 11.0. The third-order valence-corrected chi connectivity index (χ3v) is 3.40. The fourth-order valence-electron chi connectivity index (χ4n) is 1.85. The minimum atomic E-state index is -0.328. The summed E-state index contributed by atoms with van der Waals surface area (Å²) in [5.74, 6) is -0.290. The first kappa shape index (κ1) is 14.8. The Morgan fingerprint density at radius 1 is 1.15 bits per heavy atom. The van der Waals surface area contributed by atoms with E-state index in [0.717, 1.165) is 15.6 Å². The van der Waals surface area contributed by atoms with Gasteiger partial charge in [-0.15, -0.1) is 0 Å². The molecule has 2 N–H and O–H groups in total. The van der Waals surface area contributed by atoms with Gasteiger partial charge < -0.3 is 10.5 Å². The Morgan fingerprint density at radius 3 is 2.60 bits per heavy atom. The lowest BCUT2D eigenvalue weighted by molar-refractivity contribution is -0.145. The average Bonchev–Trinajstić information content (AvgIpc) is 2.46. The highest BCUT2D eigenvalue weighted by Crippen LogP contribution is 2.16. The van der Waals surface area contributed by atoms with Crippen LogP contribution in [-0.4, -0.2) is 5.97 Å². The van der Waals surface area contributed by atoms with Crippen LogP contribution >= 0.6 is 15.9 Å². The molecule has 0 aliphatic carbocycles. The molecule has 0 saturated carbocycles. The van der Waals surface area contributed by atoms with Crippen molar-refractivity contribution in [2.24, 2.45) is 5.73 Å². The second kappa shape index (κ2) is 7.22. The number of hydrogen-bond acceptors (Lipinski definition) is 3. The van der Waals surface area contributed by atoms with Crippen LogP contribution in [0.3, 0.4) is 0 Å². The Bertz CT molecular complexity index is 572. The lowest BCUT2D eigenvalue weighted by Crippen LogP contribution is -2.17. The molecular formula is C16H16BrNO2. The van der Waals surface area contributed by atoms with Crippen LogP contribution in [0.5, 0.6) is 0 Å². The highest BCUT2D eigenvalue weighted by Gasteiger charge is 2.12. The zero-order valence-corrected chi connectivity index (χ0v) is 12.5. The molecule has 3 nitrogen and oxygen atoms in total. The Hall–Kier alpha value is -1.65. The van der Waals surface area contributed by atoms with Crippen LogP contribution in [-0.2, 0) is 16.1 Å². The maximum atomic E-state index is 11.8. The van der Waals surface area contributed by atoms with E-state index in [2.05, 4.69) is 15.9 Å². The first-order chi connectivity index (χ1) is 9.65. The van der Waals surface area contributed by atoms with E-state index in [0.29, 0.717) is 0 Å². The average molecular weight is 334 g/mol. The van der Waals surface area contributed by atoms with Gasteiger partial charge in [-0.25, -0.2) is 0 Å². The predicted molar refractivity (Wildman–Crippen MR) is 81.9 cm³/mol. The summed E-state index contributed by atoms with van der Waals surface area (Å²) in [5, 5.41) is 0. The van der Waals surface area contributed by atoms with Crippen LogP contribution in [0.25, 0.3) is 0 Å². The molecule has 104 valence electrons. The van der Waals surface area contributed by atoms with E-state index in [1.54, 1.807) is 0 Å². The number of benzene rings is 2. The number of nitrogens with two attached hydrogens (primary N) is 1. The van der Waals surface area contributed by atoms with Gasteiger partial charge in [0, 0.05) is 10.5 Å². The van der Waals surface area contributed by atoms with E-state index in [1.165, 1.54) is 0 Å². The van der Waals surface area contributed by atoms with E-state index < -0.39 is 0 Å². The SMILES string of the molecule is NC(CC(=O)OCc1cccc(Br)c1)c1ccccc1. The molecule has 0 fully saturated rings. The third-order valence-electron chi connectivity index (χ3n) is 2.90. The Kier molecular flexibility index (Phi) is 5.32. The molecule has 0 radical (unpaired) electrons. The molecule has 4 heteroatoms. The number of esters is 1. The van der Waals surface area contributed by atoms with E-state index >= 15 is 0 Å². The second-order valence-corrected chi connectivity index (χ2v) is 5.43. The summed E-state index contributed by atoms with van der Waals surface area (Å²) in [5.41, 5.74) is 7.86. The molecule has 0 saturated heterocycles. The van der Waals surface area contributed by atoms with Crippen molar-refractivity contribution in [2.75, 3.05) is 0 Å². The van der Waals surface area contributed by atoms with Gasteiger partial charge in [0.2, 0.25) is 0 Å². The molecule has 0 bridgehead atoms. The highest BCUT2D eigenvalue weighted by atomic mass is 79.9. The smallest absolute Gasteiger partial charge is 0.308 e. The molecule has 0 aromatic heterocycles. The number of ether oxygens (including phenoxy) is 1. The fourth-order valence-corrected chi connectivity index (χ4v) is 2.29. The van der Waals surface area contributed by atoms with Crippen molar-refractivity contribution >= 4 is 21.9 Å². The first-order valence-electron chi connectivity index (χ1n) is 6.36. The van der Waals surface area contributed by atoms with Gasteiger partial charge in [-0.3, -0.25) is 4.79 Å². The summed E-state index contributed by atoms with van der Waals surface area (Å²) in [6.07, 6.45) is 0.179. The van der Waals surface area contributed by atoms with Gasteiger partial charge in [0.05, 0.1) is 6.42 Å². The van der Waals surface area contributed by atoms with Gasteiger partial charge in [0.15, 0.2) is 0 Å². The van der Waals surface area contributed by atoms with Gasteiger partial charge in [-0.1, -0.05) is 58.4 Å². The number of carbonyl (C=O) groups excluding carboxylic acids is 1. The van der Waals surface area contributed by atoms with Crippen molar-refractivity contribution in [1.29, 1.82) is 0 Å². The van der Waals surface area contributed by atoms with Crippen molar-refractivity contribution in [3.05, 3.63) is 70.2 Å². The molecule has 0 spiro atoms. The Labute approximate surface area is 126 Å². The summed E-state index contributed by atoms with van der Waals surface area (Å²) in [4.78, 5) is 11.8. The summed E-state index contributed by atoms with van der Waals surface area (Å²) in [7, 11) is 0. The van der Waals surface area contributed by atoms with Gasteiger partial charge in [0.1, 0.15) is 6.61 Å². The molecule has 2 aromatic carbocycles. The number of hydrogen-bond donors (Lipinski definition) is 1. The van der Waals surface area contributed by atoms with Crippen molar-refractivity contribution in [2.45, 2.75) is 19.1 Å². The topological polar surface area (TPSA) is 52.3 Å².